The van der Waals surface area contributed by atoms with Gasteiger partial charge < -0.3 is 10.6 Å². The first-order valence-electron chi connectivity index (χ1n) is 13.2. The second-order valence-corrected chi connectivity index (χ2v) is 11.7. The number of aromatic nitrogens is 3. The van der Waals surface area contributed by atoms with E-state index in [1.807, 2.05) is 23.0 Å². The van der Waals surface area contributed by atoms with Crippen LogP contribution in [0, 0.1) is 11.8 Å². The van der Waals surface area contributed by atoms with Crippen LogP contribution in [0.2, 0.25) is 0 Å². The zero-order valence-electron chi connectivity index (χ0n) is 21.5. The predicted molar refractivity (Wildman–Crippen MR) is 151 cm³/mol. The van der Waals surface area contributed by atoms with E-state index in [-0.39, 0.29) is 5.91 Å². The molecule has 0 unspecified atom stereocenters. The van der Waals surface area contributed by atoms with Crippen molar-refractivity contribution in [3.8, 4) is 16.1 Å². The molecule has 2 N–H and O–H groups in total. The first kappa shape index (κ1) is 24.1. The Balaban J connectivity index is 1.36. The highest BCUT2D eigenvalue weighted by Crippen LogP contribution is 2.43. The van der Waals surface area contributed by atoms with Crippen molar-refractivity contribution in [3.63, 3.8) is 0 Å². The third-order valence-electron chi connectivity index (χ3n) is 8.05. The van der Waals surface area contributed by atoms with Crippen molar-refractivity contribution >= 4 is 33.9 Å². The Labute approximate surface area is 221 Å². The molecule has 1 saturated carbocycles. The summed E-state index contributed by atoms with van der Waals surface area (Å²) in [6, 6.07) is 14.4. The number of thiophene rings is 1. The number of carbonyl (C=O) groups excluding carboxylic acids is 1. The highest BCUT2D eigenvalue weighted by atomic mass is 32.1. The normalized spacial score (nSPS) is 21.0. The lowest BCUT2D eigenvalue weighted by molar-refractivity contribution is 0.100. The fraction of sp³-hybridized carbons (Fsp3) is 0.367. The molecule has 1 fully saturated rings. The average Bonchev–Trinajstić information content (AvgIpc) is 3.54. The van der Waals surface area contributed by atoms with E-state index in [1.54, 1.807) is 6.20 Å². The van der Waals surface area contributed by atoms with Crippen LogP contribution in [0.25, 0.3) is 32.7 Å². The lowest BCUT2D eigenvalue weighted by atomic mass is 9.75. The minimum absolute atomic E-state index is 0.332. The summed E-state index contributed by atoms with van der Waals surface area (Å²) in [7, 11) is 2.20. The van der Waals surface area contributed by atoms with Gasteiger partial charge in [0.1, 0.15) is 11.0 Å². The molecule has 1 amide bonds. The van der Waals surface area contributed by atoms with Gasteiger partial charge in [0.15, 0.2) is 0 Å². The van der Waals surface area contributed by atoms with Crippen LogP contribution in [0.4, 0.5) is 0 Å². The number of likely N-dealkylation sites (N-methyl/N-ethyl adjacent to an activating group) is 1. The maximum Gasteiger partial charge on any atom is 0.259 e. The molecule has 4 aromatic rings. The van der Waals surface area contributed by atoms with Gasteiger partial charge in [0.05, 0.1) is 16.8 Å². The number of fused-ring (bicyclic) bond motifs is 1. The molecule has 2 aliphatic rings. The van der Waals surface area contributed by atoms with Crippen molar-refractivity contribution in [3.05, 3.63) is 70.9 Å². The van der Waals surface area contributed by atoms with E-state index < -0.39 is 0 Å². The van der Waals surface area contributed by atoms with Crippen LogP contribution in [0.5, 0.6) is 0 Å². The van der Waals surface area contributed by atoms with Gasteiger partial charge in [0, 0.05) is 29.7 Å². The van der Waals surface area contributed by atoms with Gasteiger partial charge >= 0.3 is 0 Å². The highest BCUT2D eigenvalue weighted by molar-refractivity contribution is 7.17. The summed E-state index contributed by atoms with van der Waals surface area (Å²) in [5, 5.41) is 4.64. The Morgan fingerprint density at radius 3 is 2.59 bits per heavy atom. The van der Waals surface area contributed by atoms with Crippen LogP contribution in [-0.2, 0) is 0 Å². The number of carbonyl (C=O) groups is 1. The Morgan fingerprint density at radius 2 is 1.86 bits per heavy atom. The van der Waals surface area contributed by atoms with Gasteiger partial charge in [-0.25, -0.2) is 4.68 Å². The van der Waals surface area contributed by atoms with E-state index in [1.165, 1.54) is 48.2 Å². The number of rotatable bonds is 5. The zero-order valence-corrected chi connectivity index (χ0v) is 22.3. The second-order valence-electron chi connectivity index (χ2n) is 10.7. The zero-order chi connectivity index (χ0) is 25.5. The molecule has 6 nitrogen and oxygen atoms in total. The average molecular weight is 512 g/mol. The minimum Gasteiger partial charge on any atom is -0.365 e. The van der Waals surface area contributed by atoms with E-state index in [4.69, 9.17) is 5.73 Å². The molecule has 7 heteroatoms. The largest absolute Gasteiger partial charge is 0.365 e. The van der Waals surface area contributed by atoms with Gasteiger partial charge in [-0.15, -0.1) is 11.3 Å². The Hall–Kier alpha value is -3.29. The molecule has 0 bridgehead atoms. The Kier molecular flexibility index (Phi) is 6.42. The van der Waals surface area contributed by atoms with Gasteiger partial charge in [-0.1, -0.05) is 31.9 Å². The quantitative estimate of drug-likeness (QED) is 0.348. The number of hydrogen-bond donors (Lipinski definition) is 1. The van der Waals surface area contributed by atoms with Crippen LogP contribution < -0.4 is 5.73 Å². The van der Waals surface area contributed by atoms with Gasteiger partial charge in [-0.2, -0.15) is 5.10 Å². The number of hydrogen-bond acceptors (Lipinski definition) is 5. The Morgan fingerprint density at radius 1 is 1.08 bits per heavy atom. The first-order valence-corrected chi connectivity index (χ1v) is 14.0. The van der Waals surface area contributed by atoms with Crippen LogP contribution in [0.3, 0.4) is 0 Å². The van der Waals surface area contributed by atoms with Crippen LogP contribution in [0.1, 0.15) is 54.3 Å². The van der Waals surface area contributed by atoms with Gasteiger partial charge in [-0.05, 0) is 85.2 Å². The third kappa shape index (κ3) is 4.74. The lowest BCUT2D eigenvalue weighted by Gasteiger charge is -2.35. The molecular weight excluding hydrogens is 478 g/mol. The van der Waals surface area contributed by atoms with Crippen molar-refractivity contribution in [1.29, 1.82) is 0 Å². The molecule has 37 heavy (non-hydrogen) atoms. The molecule has 1 aliphatic heterocycles. The van der Waals surface area contributed by atoms with Crippen LogP contribution >= 0.6 is 11.3 Å². The molecule has 6 rings (SSSR count). The number of primary amides is 1. The van der Waals surface area contributed by atoms with Crippen molar-refractivity contribution in [2.45, 2.75) is 39.0 Å². The summed E-state index contributed by atoms with van der Waals surface area (Å²) in [5.74, 6) is 1.09. The predicted octanol–water partition coefficient (Wildman–Crippen LogP) is 6.16. The second kappa shape index (κ2) is 9.88. The maximum atomic E-state index is 12.6. The summed E-state index contributed by atoms with van der Waals surface area (Å²) in [5.41, 5.74) is 13.7. The maximum absolute atomic E-state index is 12.6. The summed E-state index contributed by atoms with van der Waals surface area (Å²) in [4.78, 5) is 21.2. The molecule has 0 spiro atoms. The molecule has 1 aromatic carbocycles. The van der Waals surface area contributed by atoms with Gasteiger partial charge in [0.25, 0.3) is 5.91 Å². The molecule has 0 saturated heterocycles. The van der Waals surface area contributed by atoms with E-state index in [0.29, 0.717) is 10.8 Å². The number of amides is 1. The molecule has 0 atom stereocenters. The number of nitrogens with zero attached hydrogens (tertiary/aromatic N) is 4. The smallest absolute Gasteiger partial charge is 0.259 e. The molecular formula is C30H33N5OS. The van der Waals surface area contributed by atoms with Crippen molar-refractivity contribution in [1.82, 2.24) is 19.7 Å². The van der Waals surface area contributed by atoms with E-state index >= 15 is 0 Å². The van der Waals surface area contributed by atoms with E-state index in [2.05, 4.69) is 59.3 Å². The molecule has 3 aromatic heterocycles. The highest BCUT2D eigenvalue weighted by Gasteiger charge is 2.30. The minimum atomic E-state index is -0.332. The lowest BCUT2D eigenvalue weighted by Crippen LogP contribution is -2.32. The molecule has 190 valence electrons. The standard InChI is InChI=1S/C30H33N5OS/c1-19-5-7-20(8-6-19)25-17-34(2)15-13-23(25)24-16-28(37-29(24)30(31)36)21-9-11-22(12-10-21)35-18-27-26(33-35)4-3-14-32-27/h3-4,9-12,14,16,18-20H,5-8,13,15,17H2,1-2H3,(H2,31,36). The SMILES string of the molecule is CC1CCC(C2=C(c3cc(-c4ccc(-n5cc6ncccc6n5)cc4)sc3C(N)=O)CCN(C)C2)CC1. The van der Waals surface area contributed by atoms with E-state index in [9.17, 15) is 4.79 Å². The number of nitrogens with two attached hydrogens (primary N) is 1. The van der Waals surface area contributed by atoms with Crippen LogP contribution in [0.15, 0.2) is 60.4 Å². The fourth-order valence-corrected chi connectivity index (χ4v) is 6.97. The number of pyridine rings is 1. The topological polar surface area (TPSA) is 77.0 Å². The van der Waals surface area contributed by atoms with Crippen molar-refractivity contribution < 1.29 is 4.79 Å². The summed E-state index contributed by atoms with van der Waals surface area (Å²) < 4.78 is 1.86. The molecule has 4 heterocycles. The molecule has 0 radical (unpaired) electrons. The fourth-order valence-electron chi connectivity index (χ4n) is 5.93. The third-order valence-corrected chi connectivity index (χ3v) is 9.25. The molecule has 1 aliphatic carbocycles. The van der Waals surface area contributed by atoms with Crippen LogP contribution in [-0.4, -0.2) is 45.7 Å². The first-order chi connectivity index (χ1) is 18.0. The monoisotopic (exact) mass is 511 g/mol. The number of benzene rings is 1. The summed E-state index contributed by atoms with van der Waals surface area (Å²) in [6.45, 7) is 4.36. The Bertz CT molecular complexity index is 1440. The van der Waals surface area contributed by atoms with E-state index in [0.717, 1.165) is 58.2 Å². The van der Waals surface area contributed by atoms with Gasteiger partial charge in [-0.3, -0.25) is 9.78 Å². The summed E-state index contributed by atoms with van der Waals surface area (Å²) >= 11 is 1.51. The summed E-state index contributed by atoms with van der Waals surface area (Å²) in [6.07, 6.45) is 9.76. The van der Waals surface area contributed by atoms with Crippen molar-refractivity contribution in [2.75, 3.05) is 20.1 Å². The van der Waals surface area contributed by atoms with Crippen molar-refractivity contribution in [2.24, 2.45) is 17.6 Å². The van der Waals surface area contributed by atoms with Gasteiger partial charge in [0.2, 0.25) is 0 Å².